The van der Waals surface area contributed by atoms with Crippen molar-refractivity contribution >= 4 is 35.0 Å². The summed E-state index contributed by atoms with van der Waals surface area (Å²) in [4.78, 5) is 22.8. The van der Waals surface area contributed by atoms with Crippen molar-refractivity contribution in [2.45, 2.75) is 25.8 Å². The summed E-state index contributed by atoms with van der Waals surface area (Å²) in [5.41, 5.74) is 6.50. The minimum Gasteiger partial charge on any atom is -0.368 e. The monoisotopic (exact) mass is 345 g/mol. The number of carbonyl (C=O) groups excluding carboxylic acids is 1. The maximum absolute atomic E-state index is 12.6. The van der Waals surface area contributed by atoms with Crippen LogP contribution in [0.1, 0.15) is 19.8 Å². The first-order valence-corrected chi connectivity index (χ1v) is 8.33. The summed E-state index contributed by atoms with van der Waals surface area (Å²) < 4.78 is 0. The van der Waals surface area contributed by atoms with E-state index in [0.29, 0.717) is 17.5 Å². The molecule has 1 fully saturated rings. The number of hydrogen-bond donors (Lipinski definition) is 2. The third-order valence-electron chi connectivity index (χ3n) is 4.29. The van der Waals surface area contributed by atoms with Crippen molar-refractivity contribution < 1.29 is 4.79 Å². The van der Waals surface area contributed by atoms with E-state index in [1.54, 1.807) is 6.07 Å². The second kappa shape index (κ2) is 7.05. The zero-order chi connectivity index (χ0) is 17.1. The maximum Gasteiger partial charge on any atom is 0.229 e. The third kappa shape index (κ3) is 3.76. The number of amides is 1. The lowest BCUT2D eigenvalue weighted by molar-refractivity contribution is -0.120. The largest absolute Gasteiger partial charge is 0.368 e. The third-order valence-corrected chi connectivity index (χ3v) is 4.48. The van der Waals surface area contributed by atoms with Gasteiger partial charge in [0.05, 0.1) is 5.92 Å². The smallest absolute Gasteiger partial charge is 0.229 e. The summed E-state index contributed by atoms with van der Waals surface area (Å²) in [6.07, 6.45) is 1.74. The van der Waals surface area contributed by atoms with Crippen LogP contribution in [0.25, 0.3) is 0 Å². The summed E-state index contributed by atoms with van der Waals surface area (Å²) >= 11 is 5.99. The Morgan fingerprint density at radius 1 is 1.29 bits per heavy atom. The first-order chi connectivity index (χ1) is 11.5. The molecule has 3 rings (SSSR count). The minimum atomic E-state index is -0.114. The molecule has 2 atom stereocenters. The Morgan fingerprint density at radius 3 is 2.75 bits per heavy atom. The van der Waals surface area contributed by atoms with Gasteiger partial charge < -0.3 is 16.0 Å². The van der Waals surface area contributed by atoms with E-state index in [0.717, 1.165) is 18.5 Å². The van der Waals surface area contributed by atoms with E-state index in [9.17, 15) is 4.79 Å². The SMILES string of the molecule is CC1CCC(C(=O)Nc2ccccc2)CN1c1cc(Cl)nc(N)n1. The zero-order valence-electron chi connectivity index (χ0n) is 13.4. The highest BCUT2D eigenvalue weighted by atomic mass is 35.5. The second-order valence-electron chi connectivity index (χ2n) is 6.04. The number of halogens is 1. The summed E-state index contributed by atoms with van der Waals surface area (Å²) in [5.74, 6) is 0.709. The van der Waals surface area contributed by atoms with Crippen molar-refractivity contribution in [3.63, 3.8) is 0 Å². The Kier molecular flexibility index (Phi) is 4.85. The fraction of sp³-hybridized carbons (Fsp3) is 0.353. The quantitative estimate of drug-likeness (QED) is 0.835. The number of hydrogen-bond acceptors (Lipinski definition) is 5. The Labute approximate surface area is 146 Å². The van der Waals surface area contributed by atoms with E-state index in [2.05, 4.69) is 27.1 Å². The summed E-state index contributed by atoms with van der Waals surface area (Å²) in [7, 11) is 0. The summed E-state index contributed by atoms with van der Waals surface area (Å²) in [5, 5.41) is 3.28. The molecule has 1 aliphatic heterocycles. The number of para-hydroxylation sites is 1. The number of carbonyl (C=O) groups is 1. The van der Waals surface area contributed by atoms with E-state index in [1.165, 1.54) is 0 Å². The van der Waals surface area contributed by atoms with Crippen LogP contribution in [0.4, 0.5) is 17.5 Å². The van der Waals surface area contributed by atoms with Crippen LogP contribution in [0.15, 0.2) is 36.4 Å². The van der Waals surface area contributed by atoms with E-state index < -0.39 is 0 Å². The molecule has 1 aliphatic rings. The maximum atomic E-state index is 12.6. The van der Waals surface area contributed by atoms with Gasteiger partial charge in [-0.05, 0) is 31.9 Å². The molecule has 0 aliphatic carbocycles. The molecule has 1 aromatic heterocycles. The molecule has 1 aromatic carbocycles. The molecule has 0 radical (unpaired) electrons. The standard InChI is InChI=1S/C17H20ClN5O/c1-11-7-8-12(16(24)20-13-5-3-2-4-6-13)10-23(11)15-9-14(18)21-17(19)22-15/h2-6,9,11-12H,7-8,10H2,1H3,(H,20,24)(H2,19,21,22). The Bertz CT molecular complexity index is 704. The predicted octanol–water partition coefficient (Wildman–Crippen LogP) is 2.96. The molecule has 3 N–H and O–H groups in total. The number of nitrogen functional groups attached to an aromatic ring is 1. The van der Waals surface area contributed by atoms with Crippen LogP contribution in [-0.2, 0) is 4.79 Å². The Hall–Kier alpha value is -2.34. The number of nitrogens with two attached hydrogens (primary N) is 1. The average Bonchev–Trinajstić information content (AvgIpc) is 2.55. The van der Waals surface area contributed by atoms with Gasteiger partial charge in [-0.3, -0.25) is 4.79 Å². The van der Waals surface area contributed by atoms with Crippen LogP contribution < -0.4 is 16.0 Å². The zero-order valence-corrected chi connectivity index (χ0v) is 14.2. The molecule has 126 valence electrons. The van der Waals surface area contributed by atoms with Crippen LogP contribution in [0.3, 0.4) is 0 Å². The lowest BCUT2D eigenvalue weighted by Crippen LogP contribution is -2.46. The van der Waals surface area contributed by atoms with Crippen molar-refractivity contribution in [1.82, 2.24) is 9.97 Å². The highest BCUT2D eigenvalue weighted by Gasteiger charge is 2.31. The number of rotatable bonds is 3. The lowest BCUT2D eigenvalue weighted by Gasteiger charge is -2.38. The Morgan fingerprint density at radius 2 is 2.04 bits per heavy atom. The lowest BCUT2D eigenvalue weighted by atomic mass is 9.92. The van der Waals surface area contributed by atoms with Gasteiger partial charge >= 0.3 is 0 Å². The molecular formula is C17H20ClN5O. The van der Waals surface area contributed by atoms with Crippen LogP contribution in [0.5, 0.6) is 0 Å². The fourth-order valence-electron chi connectivity index (χ4n) is 2.98. The van der Waals surface area contributed by atoms with Crippen molar-refractivity contribution in [2.75, 3.05) is 22.5 Å². The summed E-state index contributed by atoms with van der Waals surface area (Å²) in [6.45, 7) is 2.68. The molecule has 2 aromatic rings. The van der Waals surface area contributed by atoms with Gasteiger partial charge in [0.1, 0.15) is 11.0 Å². The van der Waals surface area contributed by atoms with E-state index in [-0.39, 0.29) is 23.8 Å². The van der Waals surface area contributed by atoms with Gasteiger partial charge in [0.15, 0.2) is 0 Å². The van der Waals surface area contributed by atoms with E-state index in [1.807, 2.05) is 30.3 Å². The molecule has 2 unspecified atom stereocenters. The van der Waals surface area contributed by atoms with Crippen LogP contribution in [-0.4, -0.2) is 28.5 Å². The molecule has 1 amide bonds. The molecule has 1 saturated heterocycles. The molecular weight excluding hydrogens is 326 g/mol. The topological polar surface area (TPSA) is 84.1 Å². The molecule has 0 spiro atoms. The molecule has 2 heterocycles. The first kappa shape index (κ1) is 16.5. The van der Waals surface area contributed by atoms with Gasteiger partial charge in [-0.1, -0.05) is 29.8 Å². The first-order valence-electron chi connectivity index (χ1n) is 7.95. The number of anilines is 3. The number of aromatic nitrogens is 2. The number of nitrogens with one attached hydrogen (secondary N) is 1. The number of piperidine rings is 1. The minimum absolute atomic E-state index is 0.0197. The Balaban J connectivity index is 1.74. The van der Waals surface area contributed by atoms with E-state index in [4.69, 9.17) is 17.3 Å². The van der Waals surface area contributed by atoms with Crippen LogP contribution in [0, 0.1) is 5.92 Å². The number of benzene rings is 1. The van der Waals surface area contributed by atoms with Crippen molar-refractivity contribution in [3.05, 3.63) is 41.6 Å². The van der Waals surface area contributed by atoms with Crippen LogP contribution in [0.2, 0.25) is 5.15 Å². The van der Waals surface area contributed by atoms with Crippen molar-refractivity contribution in [1.29, 1.82) is 0 Å². The molecule has 0 bridgehead atoms. The molecule has 24 heavy (non-hydrogen) atoms. The fourth-order valence-corrected chi connectivity index (χ4v) is 3.16. The van der Waals surface area contributed by atoms with Crippen molar-refractivity contribution in [2.24, 2.45) is 5.92 Å². The number of nitrogens with zero attached hydrogens (tertiary/aromatic N) is 3. The normalized spacial score (nSPS) is 20.7. The second-order valence-corrected chi connectivity index (χ2v) is 6.43. The van der Waals surface area contributed by atoms with Gasteiger partial charge in [-0.25, -0.2) is 4.98 Å². The van der Waals surface area contributed by atoms with Gasteiger partial charge in [0, 0.05) is 24.3 Å². The molecule has 6 nitrogen and oxygen atoms in total. The van der Waals surface area contributed by atoms with Gasteiger partial charge in [0.25, 0.3) is 0 Å². The van der Waals surface area contributed by atoms with Crippen LogP contribution >= 0.6 is 11.6 Å². The molecule has 0 saturated carbocycles. The highest BCUT2D eigenvalue weighted by Crippen LogP contribution is 2.28. The van der Waals surface area contributed by atoms with Gasteiger partial charge in [-0.2, -0.15) is 4.98 Å². The highest BCUT2D eigenvalue weighted by molar-refractivity contribution is 6.29. The van der Waals surface area contributed by atoms with Gasteiger partial charge in [-0.15, -0.1) is 0 Å². The molecule has 7 heteroatoms. The summed E-state index contributed by atoms with van der Waals surface area (Å²) in [6, 6.07) is 11.4. The predicted molar refractivity (Wildman–Crippen MR) is 96.1 cm³/mol. The van der Waals surface area contributed by atoms with E-state index >= 15 is 0 Å². The van der Waals surface area contributed by atoms with Gasteiger partial charge in [0.2, 0.25) is 11.9 Å². The average molecular weight is 346 g/mol. The van der Waals surface area contributed by atoms with Crippen molar-refractivity contribution in [3.8, 4) is 0 Å².